The van der Waals surface area contributed by atoms with Crippen LogP contribution in [0.1, 0.15) is 42.3 Å². The van der Waals surface area contributed by atoms with E-state index < -0.39 is 17.9 Å². The Bertz CT molecular complexity index is 963. The minimum atomic E-state index is -1.12. The highest BCUT2D eigenvalue weighted by atomic mass is 16.4. The molecule has 0 aliphatic rings. The van der Waals surface area contributed by atoms with Crippen molar-refractivity contribution in [2.24, 2.45) is 0 Å². The van der Waals surface area contributed by atoms with Crippen LogP contribution >= 0.6 is 0 Å². The van der Waals surface area contributed by atoms with Crippen LogP contribution < -0.4 is 0 Å². The average molecular weight is 382 g/mol. The molecular weight excluding hydrogens is 364 g/mol. The van der Waals surface area contributed by atoms with Crippen molar-refractivity contribution in [3.63, 3.8) is 0 Å². The third-order valence-corrected chi connectivity index (χ3v) is 3.62. The molecule has 144 valence electrons. The van der Waals surface area contributed by atoms with E-state index in [4.69, 9.17) is 15.3 Å². The first-order valence-corrected chi connectivity index (χ1v) is 8.15. The molecule has 0 unspecified atom stereocenters. The SMILES string of the molecule is Cc1cc(C(=O)O)cc(C(=O)O)c1.O=C(O)c1ccn(Cc2ccccc2)n1. The normalized spacial score (nSPS) is 9.89. The molecule has 1 aromatic heterocycles. The van der Waals surface area contributed by atoms with Crippen molar-refractivity contribution in [2.45, 2.75) is 13.5 Å². The van der Waals surface area contributed by atoms with Crippen LogP contribution in [-0.2, 0) is 6.54 Å². The van der Waals surface area contributed by atoms with Gasteiger partial charge in [0.15, 0.2) is 5.69 Å². The fraction of sp³-hybridized carbons (Fsp3) is 0.100. The molecule has 2 aromatic carbocycles. The van der Waals surface area contributed by atoms with Gasteiger partial charge >= 0.3 is 17.9 Å². The van der Waals surface area contributed by atoms with Crippen molar-refractivity contribution in [2.75, 3.05) is 0 Å². The number of nitrogens with zero attached hydrogens (tertiary/aromatic N) is 2. The molecule has 3 rings (SSSR count). The first-order valence-electron chi connectivity index (χ1n) is 8.15. The number of carbonyl (C=O) groups is 3. The number of aromatic carboxylic acids is 3. The standard InChI is InChI=1S/C11H10N2O2.C9H8O4/c14-11(15)10-6-7-13(12-10)8-9-4-2-1-3-5-9;1-5-2-6(8(10)11)4-7(3-5)9(12)13/h1-7H,8H2,(H,14,15);2-4H,1H3,(H,10,11)(H,12,13). The Balaban J connectivity index is 0.000000203. The van der Waals surface area contributed by atoms with Gasteiger partial charge in [-0.1, -0.05) is 30.3 Å². The molecule has 0 bridgehead atoms. The molecule has 0 amide bonds. The van der Waals surface area contributed by atoms with Crippen molar-refractivity contribution < 1.29 is 29.7 Å². The van der Waals surface area contributed by atoms with Gasteiger partial charge in [-0.2, -0.15) is 5.10 Å². The second-order valence-electron chi connectivity index (χ2n) is 5.89. The Hall–Kier alpha value is -3.94. The van der Waals surface area contributed by atoms with Gasteiger partial charge in [-0.25, -0.2) is 14.4 Å². The maximum absolute atomic E-state index is 10.6. The molecule has 3 aromatic rings. The molecule has 28 heavy (non-hydrogen) atoms. The summed E-state index contributed by atoms with van der Waals surface area (Å²) in [6, 6.07) is 15.2. The second-order valence-corrected chi connectivity index (χ2v) is 5.89. The maximum Gasteiger partial charge on any atom is 0.356 e. The molecule has 0 aliphatic heterocycles. The van der Waals surface area contributed by atoms with Crippen LogP contribution in [0.5, 0.6) is 0 Å². The van der Waals surface area contributed by atoms with E-state index in [1.807, 2.05) is 30.3 Å². The molecule has 8 heteroatoms. The van der Waals surface area contributed by atoms with Gasteiger partial charge in [-0.15, -0.1) is 0 Å². The predicted octanol–water partition coefficient (Wildman–Crippen LogP) is 3.02. The van der Waals surface area contributed by atoms with Crippen LogP contribution in [0.4, 0.5) is 0 Å². The molecule has 0 saturated carbocycles. The van der Waals surface area contributed by atoms with Gasteiger partial charge in [0.2, 0.25) is 0 Å². The third-order valence-electron chi connectivity index (χ3n) is 3.62. The van der Waals surface area contributed by atoms with Gasteiger partial charge in [-0.05, 0) is 42.3 Å². The zero-order valence-electron chi connectivity index (χ0n) is 14.9. The smallest absolute Gasteiger partial charge is 0.356 e. The van der Waals surface area contributed by atoms with Crippen LogP contribution in [0.15, 0.2) is 60.8 Å². The quantitative estimate of drug-likeness (QED) is 0.618. The molecule has 1 heterocycles. The Morgan fingerprint density at radius 2 is 1.43 bits per heavy atom. The molecule has 8 nitrogen and oxygen atoms in total. The zero-order valence-corrected chi connectivity index (χ0v) is 14.9. The molecule has 0 radical (unpaired) electrons. The van der Waals surface area contributed by atoms with E-state index in [0.29, 0.717) is 12.1 Å². The monoisotopic (exact) mass is 382 g/mol. The van der Waals surface area contributed by atoms with Crippen LogP contribution in [0, 0.1) is 6.92 Å². The zero-order chi connectivity index (χ0) is 20.7. The molecule has 3 N–H and O–H groups in total. The lowest BCUT2D eigenvalue weighted by Crippen LogP contribution is -2.03. The largest absolute Gasteiger partial charge is 0.478 e. The fourth-order valence-electron chi connectivity index (χ4n) is 2.36. The van der Waals surface area contributed by atoms with Crippen LogP contribution in [-0.4, -0.2) is 43.0 Å². The number of hydrogen-bond acceptors (Lipinski definition) is 4. The van der Waals surface area contributed by atoms with Gasteiger partial charge in [-0.3, -0.25) is 4.68 Å². The highest BCUT2D eigenvalue weighted by molar-refractivity contribution is 5.94. The van der Waals surface area contributed by atoms with Crippen LogP contribution in [0.2, 0.25) is 0 Å². The molecule has 0 spiro atoms. The summed E-state index contributed by atoms with van der Waals surface area (Å²) in [6.07, 6.45) is 1.66. The van der Waals surface area contributed by atoms with E-state index in [2.05, 4.69) is 5.10 Å². The number of rotatable bonds is 5. The summed E-state index contributed by atoms with van der Waals surface area (Å²) >= 11 is 0. The summed E-state index contributed by atoms with van der Waals surface area (Å²) in [4.78, 5) is 31.7. The fourth-order valence-corrected chi connectivity index (χ4v) is 2.36. The molecule has 0 atom stereocenters. The third kappa shape index (κ3) is 5.80. The lowest BCUT2D eigenvalue weighted by molar-refractivity contribution is 0.0678. The van der Waals surface area contributed by atoms with Gasteiger partial charge in [0.25, 0.3) is 0 Å². The average Bonchev–Trinajstić information content (AvgIpc) is 3.11. The topological polar surface area (TPSA) is 130 Å². The number of aromatic nitrogens is 2. The number of aryl methyl sites for hydroxylation is 1. The van der Waals surface area contributed by atoms with Gasteiger partial charge in [0, 0.05) is 6.20 Å². The lowest BCUT2D eigenvalue weighted by atomic mass is 10.1. The van der Waals surface area contributed by atoms with Gasteiger partial charge in [0.05, 0.1) is 17.7 Å². The molecular formula is C20H18N2O6. The second kappa shape index (κ2) is 9.13. The lowest BCUT2D eigenvalue weighted by Gasteiger charge is -2.00. The Labute approximate surface area is 160 Å². The number of benzene rings is 2. The van der Waals surface area contributed by atoms with Gasteiger partial charge < -0.3 is 15.3 Å². The first-order chi connectivity index (χ1) is 13.3. The van der Waals surface area contributed by atoms with Crippen molar-refractivity contribution in [3.8, 4) is 0 Å². The van der Waals surface area contributed by atoms with E-state index in [1.54, 1.807) is 17.8 Å². The predicted molar refractivity (Wildman–Crippen MR) is 99.8 cm³/mol. The maximum atomic E-state index is 10.6. The van der Waals surface area contributed by atoms with E-state index in [-0.39, 0.29) is 16.8 Å². The van der Waals surface area contributed by atoms with Crippen molar-refractivity contribution in [3.05, 3.63) is 88.7 Å². The minimum absolute atomic E-state index is 0.00241. The van der Waals surface area contributed by atoms with E-state index in [1.165, 1.54) is 18.2 Å². The molecule has 0 fully saturated rings. The first kappa shape index (κ1) is 20.4. The van der Waals surface area contributed by atoms with Crippen molar-refractivity contribution in [1.82, 2.24) is 9.78 Å². The Kier molecular flexibility index (Phi) is 6.64. The van der Waals surface area contributed by atoms with E-state index in [0.717, 1.165) is 11.6 Å². The number of carboxylic acids is 3. The summed E-state index contributed by atoms with van der Waals surface area (Å²) in [5.74, 6) is -3.24. The van der Waals surface area contributed by atoms with E-state index >= 15 is 0 Å². The Morgan fingerprint density at radius 3 is 1.89 bits per heavy atom. The number of hydrogen-bond donors (Lipinski definition) is 3. The van der Waals surface area contributed by atoms with Gasteiger partial charge in [0.1, 0.15) is 0 Å². The van der Waals surface area contributed by atoms with E-state index in [9.17, 15) is 14.4 Å². The Morgan fingerprint density at radius 1 is 0.857 bits per heavy atom. The summed E-state index contributed by atoms with van der Waals surface area (Å²) in [7, 11) is 0. The minimum Gasteiger partial charge on any atom is -0.478 e. The van der Waals surface area contributed by atoms with Crippen molar-refractivity contribution >= 4 is 17.9 Å². The summed E-state index contributed by atoms with van der Waals surface area (Å²) in [5.41, 5.74) is 1.79. The van der Waals surface area contributed by atoms with Crippen LogP contribution in [0.3, 0.4) is 0 Å². The summed E-state index contributed by atoms with van der Waals surface area (Å²) < 4.78 is 1.61. The highest BCUT2D eigenvalue weighted by Crippen LogP contribution is 2.09. The summed E-state index contributed by atoms with van der Waals surface area (Å²) in [6.45, 7) is 2.24. The van der Waals surface area contributed by atoms with Crippen molar-refractivity contribution in [1.29, 1.82) is 0 Å². The molecule has 0 saturated heterocycles. The van der Waals surface area contributed by atoms with Crippen LogP contribution in [0.25, 0.3) is 0 Å². The highest BCUT2D eigenvalue weighted by Gasteiger charge is 2.09. The summed E-state index contributed by atoms with van der Waals surface area (Å²) in [5, 5.41) is 29.9. The number of carboxylic acid groups (broad SMARTS) is 3. The molecule has 0 aliphatic carbocycles.